The Balaban J connectivity index is 2.62. The van der Waals surface area contributed by atoms with Gasteiger partial charge >= 0.3 is 0 Å². The van der Waals surface area contributed by atoms with Crippen molar-refractivity contribution in [2.45, 2.75) is 26.4 Å². The SMILES string of the molecule is CCCNc1ncc(C)c(NCC(O)CO)n1. The minimum absolute atomic E-state index is 0.265. The van der Waals surface area contributed by atoms with E-state index >= 15 is 0 Å². The summed E-state index contributed by atoms with van der Waals surface area (Å²) in [4.78, 5) is 8.44. The lowest BCUT2D eigenvalue weighted by Crippen LogP contribution is -2.24. The standard InChI is InChI=1S/C11H20N4O2/c1-3-4-12-11-14-5-8(2)10(15-11)13-6-9(17)7-16/h5,9,16-17H,3-4,6-7H2,1-2H3,(H2,12,13,14,15). The third-order valence-electron chi connectivity index (χ3n) is 2.22. The third kappa shape index (κ3) is 4.54. The summed E-state index contributed by atoms with van der Waals surface area (Å²) in [5, 5.41) is 24.0. The molecule has 6 nitrogen and oxygen atoms in total. The monoisotopic (exact) mass is 240 g/mol. The van der Waals surface area contributed by atoms with Crippen LogP contribution in [0.5, 0.6) is 0 Å². The Morgan fingerprint density at radius 3 is 2.82 bits per heavy atom. The molecule has 1 aromatic rings. The van der Waals surface area contributed by atoms with Crippen LogP contribution >= 0.6 is 0 Å². The fourth-order valence-corrected chi connectivity index (χ4v) is 1.22. The lowest BCUT2D eigenvalue weighted by atomic mass is 10.3. The molecule has 1 heterocycles. The van der Waals surface area contributed by atoms with Crippen molar-refractivity contribution in [3.63, 3.8) is 0 Å². The smallest absolute Gasteiger partial charge is 0.224 e. The summed E-state index contributed by atoms with van der Waals surface area (Å²) in [6, 6.07) is 0. The van der Waals surface area contributed by atoms with Crippen molar-refractivity contribution in [1.82, 2.24) is 9.97 Å². The van der Waals surface area contributed by atoms with Crippen LogP contribution in [0, 0.1) is 6.92 Å². The van der Waals surface area contributed by atoms with Crippen LogP contribution in [0.2, 0.25) is 0 Å². The van der Waals surface area contributed by atoms with Crippen LogP contribution in [-0.2, 0) is 0 Å². The van der Waals surface area contributed by atoms with E-state index in [2.05, 4.69) is 27.5 Å². The average molecular weight is 240 g/mol. The van der Waals surface area contributed by atoms with E-state index in [1.54, 1.807) is 6.20 Å². The van der Waals surface area contributed by atoms with E-state index in [-0.39, 0.29) is 13.2 Å². The number of aliphatic hydroxyl groups is 2. The molecule has 6 heteroatoms. The highest BCUT2D eigenvalue weighted by molar-refractivity contribution is 5.46. The highest BCUT2D eigenvalue weighted by Gasteiger charge is 2.06. The first-order valence-corrected chi connectivity index (χ1v) is 5.77. The topological polar surface area (TPSA) is 90.3 Å². The number of nitrogens with one attached hydrogen (secondary N) is 2. The molecule has 1 rings (SSSR count). The molecule has 0 fully saturated rings. The van der Waals surface area contributed by atoms with Gasteiger partial charge in [0, 0.05) is 24.8 Å². The summed E-state index contributed by atoms with van der Waals surface area (Å²) in [6.07, 6.45) is 1.94. The molecule has 0 saturated heterocycles. The number of aliphatic hydroxyl groups excluding tert-OH is 2. The van der Waals surface area contributed by atoms with Crippen molar-refractivity contribution in [2.24, 2.45) is 0 Å². The van der Waals surface area contributed by atoms with Crippen molar-refractivity contribution in [2.75, 3.05) is 30.3 Å². The first-order valence-electron chi connectivity index (χ1n) is 5.77. The molecule has 96 valence electrons. The minimum atomic E-state index is -0.781. The van der Waals surface area contributed by atoms with Gasteiger partial charge in [-0.05, 0) is 13.3 Å². The number of rotatable bonds is 7. The number of aryl methyl sites for hydroxylation is 1. The number of hydrogen-bond acceptors (Lipinski definition) is 6. The summed E-state index contributed by atoms with van der Waals surface area (Å²) < 4.78 is 0. The lowest BCUT2D eigenvalue weighted by Gasteiger charge is -2.12. The molecule has 0 aliphatic heterocycles. The highest BCUT2D eigenvalue weighted by Crippen LogP contribution is 2.12. The van der Waals surface area contributed by atoms with Crippen molar-refractivity contribution < 1.29 is 10.2 Å². The van der Waals surface area contributed by atoms with E-state index in [1.807, 2.05) is 6.92 Å². The average Bonchev–Trinajstić information content (AvgIpc) is 2.35. The summed E-state index contributed by atoms with van der Waals surface area (Å²) in [5.74, 6) is 1.24. The molecule has 1 aromatic heterocycles. The van der Waals surface area contributed by atoms with Gasteiger partial charge in [0.15, 0.2) is 0 Å². The molecule has 1 atom stereocenters. The van der Waals surface area contributed by atoms with Crippen LogP contribution in [0.25, 0.3) is 0 Å². The molecular formula is C11H20N4O2. The number of anilines is 2. The second-order valence-corrected chi connectivity index (χ2v) is 3.87. The maximum absolute atomic E-state index is 9.25. The van der Waals surface area contributed by atoms with Crippen molar-refractivity contribution in [3.05, 3.63) is 11.8 Å². The predicted octanol–water partition coefficient (Wildman–Crippen LogP) is 0.372. The molecule has 0 aliphatic carbocycles. The second-order valence-electron chi connectivity index (χ2n) is 3.87. The largest absolute Gasteiger partial charge is 0.394 e. The molecular weight excluding hydrogens is 220 g/mol. The van der Waals surface area contributed by atoms with Gasteiger partial charge in [-0.15, -0.1) is 0 Å². The first kappa shape index (κ1) is 13.7. The number of aromatic nitrogens is 2. The van der Waals surface area contributed by atoms with Gasteiger partial charge in [-0.1, -0.05) is 6.92 Å². The molecule has 0 aliphatic rings. The quantitative estimate of drug-likeness (QED) is 0.550. The normalized spacial score (nSPS) is 12.2. The lowest BCUT2D eigenvalue weighted by molar-refractivity contribution is 0.105. The zero-order valence-corrected chi connectivity index (χ0v) is 10.3. The van der Waals surface area contributed by atoms with E-state index in [1.165, 1.54) is 0 Å². The summed E-state index contributed by atoms with van der Waals surface area (Å²) >= 11 is 0. The van der Waals surface area contributed by atoms with E-state index in [0.29, 0.717) is 11.8 Å². The maximum atomic E-state index is 9.25. The zero-order chi connectivity index (χ0) is 12.7. The van der Waals surface area contributed by atoms with Gasteiger partial charge in [-0.25, -0.2) is 4.98 Å². The molecule has 0 amide bonds. The summed E-state index contributed by atoms with van der Waals surface area (Å²) in [5.41, 5.74) is 0.900. The Kier molecular flexibility index (Phi) is 5.65. The second kappa shape index (κ2) is 7.03. The van der Waals surface area contributed by atoms with E-state index in [0.717, 1.165) is 18.5 Å². The van der Waals surface area contributed by atoms with Crippen molar-refractivity contribution in [1.29, 1.82) is 0 Å². The zero-order valence-electron chi connectivity index (χ0n) is 10.3. The molecule has 17 heavy (non-hydrogen) atoms. The van der Waals surface area contributed by atoms with Gasteiger partial charge in [0.25, 0.3) is 0 Å². The Labute approximate surface area is 101 Å². The molecule has 1 unspecified atom stereocenters. The fraction of sp³-hybridized carbons (Fsp3) is 0.636. The Hall–Kier alpha value is -1.40. The van der Waals surface area contributed by atoms with Crippen molar-refractivity contribution in [3.8, 4) is 0 Å². The number of hydrogen-bond donors (Lipinski definition) is 4. The molecule has 0 aromatic carbocycles. The molecule has 0 saturated carbocycles. The molecule has 0 bridgehead atoms. The van der Waals surface area contributed by atoms with Gasteiger partial charge in [0.05, 0.1) is 12.7 Å². The van der Waals surface area contributed by atoms with Gasteiger partial charge < -0.3 is 20.8 Å². The van der Waals surface area contributed by atoms with Crippen molar-refractivity contribution >= 4 is 11.8 Å². The molecule has 0 radical (unpaired) electrons. The van der Waals surface area contributed by atoms with E-state index in [4.69, 9.17) is 5.11 Å². The van der Waals surface area contributed by atoms with Crippen LogP contribution in [0.4, 0.5) is 11.8 Å². The fourth-order valence-electron chi connectivity index (χ4n) is 1.22. The third-order valence-corrected chi connectivity index (χ3v) is 2.22. The first-order chi connectivity index (χ1) is 8.17. The van der Waals surface area contributed by atoms with Gasteiger partial charge in [-0.2, -0.15) is 4.98 Å². The maximum Gasteiger partial charge on any atom is 0.224 e. The van der Waals surface area contributed by atoms with Gasteiger partial charge in [0.1, 0.15) is 5.82 Å². The van der Waals surface area contributed by atoms with Crippen LogP contribution in [0.3, 0.4) is 0 Å². The Bertz CT molecular complexity index is 346. The predicted molar refractivity (Wildman–Crippen MR) is 67.1 cm³/mol. The van der Waals surface area contributed by atoms with E-state index in [9.17, 15) is 5.11 Å². The Morgan fingerprint density at radius 2 is 2.18 bits per heavy atom. The summed E-state index contributed by atoms with van der Waals surface area (Å²) in [7, 11) is 0. The van der Waals surface area contributed by atoms with Gasteiger partial charge in [0.2, 0.25) is 5.95 Å². The van der Waals surface area contributed by atoms with Crippen LogP contribution in [0.1, 0.15) is 18.9 Å². The molecule has 4 N–H and O–H groups in total. The van der Waals surface area contributed by atoms with Crippen LogP contribution < -0.4 is 10.6 Å². The Morgan fingerprint density at radius 1 is 1.41 bits per heavy atom. The minimum Gasteiger partial charge on any atom is -0.394 e. The highest BCUT2D eigenvalue weighted by atomic mass is 16.3. The van der Waals surface area contributed by atoms with Crippen LogP contribution in [0.15, 0.2) is 6.20 Å². The van der Waals surface area contributed by atoms with Gasteiger partial charge in [-0.3, -0.25) is 0 Å². The van der Waals surface area contributed by atoms with Crippen LogP contribution in [-0.4, -0.2) is 46.0 Å². The van der Waals surface area contributed by atoms with E-state index < -0.39 is 6.10 Å². The summed E-state index contributed by atoms with van der Waals surface area (Å²) in [6.45, 7) is 4.77. The molecule has 0 spiro atoms. The number of nitrogens with zero attached hydrogens (tertiary/aromatic N) is 2.